The SMILES string of the molecule is Nc1cccc2oc(Nc3c(F)cccc3Br)nc12. The van der Waals surface area contributed by atoms with E-state index in [1.165, 1.54) is 6.07 Å². The van der Waals surface area contributed by atoms with Gasteiger partial charge in [-0.15, -0.1) is 0 Å². The average molecular weight is 322 g/mol. The van der Waals surface area contributed by atoms with Crippen LogP contribution in [0.5, 0.6) is 0 Å². The van der Waals surface area contributed by atoms with Crippen molar-refractivity contribution in [2.45, 2.75) is 0 Å². The van der Waals surface area contributed by atoms with Crippen LogP contribution in [-0.2, 0) is 0 Å². The van der Waals surface area contributed by atoms with Gasteiger partial charge in [0.2, 0.25) is 0 Å². The van der Waals surface area contributed by atoms with E-state index in [-0.39, 0.29) is 11.7 Å². The molecule has 0 spiro atoms. The zero-order valence-corrected chi connectivity index (χ0v) is 11.2. The third kappa shape index (κ3) is 2.15. The molecule has 4 nitrogen and oxygen atoms in total. The van der Waals surface area contributed by atoms with Crippen LogP contribution in [-0.4, -0.2) is 4.98 Å². The number of benzene rings is 2. The van der Waals surface area contributed by atoms with Crippen LogP contribution in [0.1, 0.15) is 0 Å². The Balaban J connectivity index is 2.04. The summed E-state index contributed by atoms with van der Waals surface area (Å²) in [6.07, 6.45) is 0. The molecule has 3 aromatic rings. The standard InChI is InChI=1S/C13H9BrFN3O/c14-7-3-1-4-8(15)11(7)17-13-18-12-9(16)5-2-6-10(12)19-13/h1-6H,16H2,(H,17,18). The lowest BCUT2D eigenvalue weighted by molar-refractivity contribution is 0.611. The lowest BCUT2D eigenvalue weighted by Crippen LogP contribution is -1.95. The van der Waals surface area contributed by atoms with Crippen molar-refractivity contribution in [3.63, 3.8) is 0 Å². The van der Waals surface area contributed by atoms with Crippen molar-refractivity contribution >= 4 is 44.4 Å². The number of nitrogens with two attached hydrogens (primary N) is 1. The van der Waals surface area contributed by atoms with Crippen LogP contribution < -0.4 is 11.1 Å². The molecule has 3 N–H and O–H groups in total. The summed E-state index contributed by atoms with van der Waals surface area (Å²) >= 11 is 3.27. The topological polar surface area (TPSA) is 64.1 Å². The van der Waals surface area contributed by atoms with E-state index < -0.39 is 5.82 Å². The minimum Gasteiger partial charge on any atom is -0.423 e. The highest BCUT2D eigenvalue weighted by molar-refractivity contribution is 9.10. The number of oxazole rings is 1. The van der Waals surface area contributed by atoms with Crippen molar-refractivity contribution in [1.82, 2.24) is 4.98 Å². The molecule has 6 heteroatoms. The zero-order chi connectivity index (χ0) is 13.4. The first-order valence-electron chi connectivity index (χ1n) is 5.51. The summed E-state index contributed by atoms with van der Waals surface area (Å²) < 4.78 is 19.7. The Kier molecular flexibility index (Phi) is 2.87. The maximum absolute atomic E-state index is 13.7. The van der Waals surface area contributed by atoms with E-state index in [0.29, 0.717) is 21.3 Å². The normalized spacial score (nSPS) is 10.8. The van der Waals surface area contributed by atoms with Crippen molar-refractivity contribution in [2.75, 3.05) is 11.1 Å². The summed E-state index contributed by atoms with van der Waals surface area (Å²) in [6.45, 7) is 0. The Morgan fingerprint density at radius 3 is 2.74 bits per heavy atom. The van der Waals surface area contributed by atoms with Gasteiger partial charge in [0.05, 0.1) is 11.4 Å². The van der Waals surface area contributed by atoms with Crippen molar-refractivity contribution in [2.24, 2.45) is 0 Å². The van der Waals surface area contributed by atoms with E-state index in [4.69, 9.17) is 10.2 Å². The molecule has 0 aliphatic heterocycles. The van der Waals surface area contributed by atoms with Gasteiger partial charge >= 0.3 is 0 Å². The molecular formula is C13H9BrFN3O. The van der Waals surface area contributed by atoms with Crippen LogP contribution >= 0.6 is 15.9 Å². The monoisotopic (exact) mass is 321 g/mol. The Hall–Kier alpha value is -2.08. The second-order valence-electron chi connectivity index (χ2n) is 3.93. The first-order valence-corrected chi connectivity index (χ1v) is 6.30. The number of anilines is 3. The fraction of sp³-hybridized carbons (Fsp3) is 0. The van der Waals surface area contributed by atoms with Crippen molar-refractivity contribution < 1.29 is 8.81 Å². The molecule has 0 saturated carbocycles. The minimum atomic E-state index is -0.399. The third-order valence-electron chi connectivity index (χ3n) is 2.64. The highest BCUT2D eigenvalue weighted by Gasteiger charge is 2.12. The number of hydrogen-bond donors (Lipinski definition) is 2. The molecule has 1 aromatic heterocycles. The Morgan fingerprint density at radius 2 is 2.00 bits per heavy atom. The smallest absolute Gasteiger partial charge is 0.300 e. The fourth-order valence-corrected chi connectivity index (χ4v) is 2.19. The molecule has 19 heavy (non-hydrogen) atoms. The number of aromatic nitrogens is 1. The molecule has 0 amide bonds. The molecular weight excluding hydrogens is 313 g/mol. The summed E-state index contributed by atoms with van der Waals surface area (Å²) in [5.41, 5.74) is 7.68. The predicted octanol–water partition coefficient (Wildman–Crippen LogP) is 4.06. The lowest BCUT2D eigenvalue weighted by Gasteiger charge is -2.05. The number of halogens is 2. The maximum Gasteiger partial charge on any atom is 0.300 e. The summed E-state index contributed by atoms with van der Waals surface area (Å²) in [7, 11) is 0. The van der Waals surface area contributed by atoms with Gasteiger partial charge in [-0.1, -0.05) is 12.1 Å². The van der Waals surface area contributed by atoms with Crippen LogP contribution in [0, 0.1) is 5.82 Å². The number of rotatable bonds is 2. The van der Waals surface area contributed by atoms with Crippen molar-refractivity contribution in [3.8, 4) is 0 Å². The van der Waals surface area contributed by atoms with E-state index in [1.807, 2.05) is 0 Å². The maximum atomic E-state index is 13.7. The van der Waals surface area contributed by atoms with Crippen LogP contribution in [0.4, 0.5) is 21.8 Å². The average Bonchev–Trinajstić information content (AvgIpc) is 2.78. The highest BCUT2D eigenvalue weighted by Crippen LogP contribution is 2.30. The summed E-state index contributed by atoms with van der Waals surface area (Å²) in [5, 5.41) is 2.80. The molecule has 0 aliphatic rings. The Morgan fingerprint density at radius 1 is 1.21 bits per heavy atom. The highest BCUT2D eigenvalue weighted by atomic mass is 79.9. The van der Waals surface area contributed by atoms with Crippen LogP contribution in [0.15, 0.2) is 45.3 Å². The first-order chi connectivity index (χ1) is 9.15. The van der Waals surface area contributed by atoms with E-state index in [0.717, 1.165) is 0 Å². The van der Waals surface area contributed by atoms with E-state index in [2.05, 4.69) is 26.2 Å². The minimum absolute atomic E-state index is 0.193. The van der Waals surface area contributed by atoms with Gasteiger partial charge in [0.1, 0.15) is 11.3 Å². The molecule has 0 radical (unpaired) electrons. The largest absolute Gasteiger partial charge is 0.423 e. The molecule has 0 atom stereocenters. The Bertz CT molecular complexity index is 736. The number of nitrogen functional groups attached to an aromatic ring is 1. The molecule has 2 aromatic carbocycles. The van der Waals surface area contributed by atoms with Gasteiger partial charge in [-0.25, -0.2) is 4.39 Å². The second kappa shape index (κ2) is 4.55. The van der Waals surface area contributed by atoms with Gasteiger partial charge in [0.25, 0.3) is 6.01 Å². The summed E-state index contributed by atoms with van der Waals surface area (Å²) in [4.78, 5) is 4.20. The third-order valence-corrected chi connectivity index (χ3v) is 3.31. The number of para-hydroxylation sites is 2. The van der Waals surface area contributed by atoms with E-state index in [9.17, 15) is 4.39 Å². The van der Waals surface area contributed by atoms with Crippen LogP contribution in [0.25, 0.3) is 11.1 Å². The quantitative estimate of drug-likeness (QED) is 0.699. The van der Waals surface area contributed by atoms with Gasteiger partial charge in [0, 0.05) is 4.47 Å². The number of hydrogen-bond acceptors (Lipinski definition) is 4. The second-order valence-corrected chi connectivity index (χ2v) is 4.79. The summed E-state index contributed by atoms with van der Waals surface area (Å²) in [5.74, 6) is -0.399. The van der Waals surface area contributed by atoms with Crippen LogP contribution in [0.3, 0.4) is 0 Å². The lowest BCUT2D eigenvalue weighted by atomic mass is 10.3. The van der Waals surface area contributed by atoms with Gasteiger partial charge < -0.3 is 15.5 Å². The van der Waals surface area contributed by atoms with E-state index in [1.54, 1.807) is 30.3 Å². The Labute approximate surface area is 116 Å². The summed E-state index contributed by atoms with van der Waals surface area (Å²) in [6, 6.07) is 10.1. The number of fused-ring (bicyclic) bond motifs is 1. The zero-order valence-electron chi connectivity index (χ0n) is 9.65. The van der Waals surface area contributed by atoms with Gasteiger partial charge in [-0.2, -0.15) is 4.98 Å². The molecule has 0 unspecified atom stereocenters. The molecule has 0 fully saturated rings. The molecule has 0 bridgehead atoms. The number of nitrogens with zero attached hydrogens (tertiary/aromatic N) is 1. The fourth-order valence-electron chi connectivity index (χ4n) is 1.75. The molecule has 3 rings (SSSR count). The van der Waals surface area contributed by atoms with Gasteiger partial charge in [0.15, 0.2) is 5.58 Å². The molecule has 0 aliphatic carbocycles. The first kappa shape index (κ1) is 12.0. The van der Waals surface area contributed by atoms with Gasteiger partial charge in [-0.3, -0.25) is 0 Å². The molecule has 0 saturated heterocycles. The van der Waals surface area contributed by atoms with Crippen molar-refractivity contribution in [3.05, 3.63) is 46.7 Å². The molecule has 1 heterocycles. The predicted molar refractivity (Wildman–Crippen MR) is 75.8 cm³/mol. The number of nitrogens with one attached hydrogen (secondary N) is 1. The van der Waals surface area contributed by atoms with Gasteiger partial charge in [-0.05, 0) is 40.2 Å². The van der Waals surface area contributed by atoms with E-state index >= 15 is 0 Å². The molecule has 96 valence electrons. The van der Waals surface area contributed by atoms with Crippen molar-refractivity contribution in [1.29, 1.82) is 0 Å². The van der Waals surface area contributed by atoms with Crippen LogP contribution in [0.2, 0.25) is 0 Å².